The Morgan fingerprint density at radius 1 is 0.478 bits per heavy atom. The van der Waals surface area contributed by atoms with Gasteiger partial charge in [-0.05, 0) is 97.0 Å². The van der Waals surface area contributed by atoms with Crippen molar-refractivity contribution < 1.29 is 72.9 Å². The topological polar surface area (TPSA) is 429 Å². The number of phenolic OH excluding ortho intramolecular Hbond substituents is 2. The smallest absolute Gasteiger partial charge is 0.305 e. The van der Waals surface area contributed by atoms with Crippen molar-refractivity contribution >= 4 is 70.9 Å². The molecule has 27 nitrogen and oxygen atoms in total. The Kier molecular flexibility index (Phi) is 26.5. The number of carbonyl (C=O) groups is 12. The Morgan fingerprint density at radius 2 is 0.859 bits per heavy atom. The van der Waals surface area contributed by atoms with Crippen LogP contribution in [0.5, 0.6) is 11.5 Å². The zero-order valence-electron chi connectivity index (χ0n) is 51.9. The van der Waals surface area contributed by atoms with Crippen molar-refractivity contribution in [3.63, 3.8) is 0 Å². The van der Waals surface area contributed by atoms with Crippen LogP contribution in [-0.2, 0) is 83.2 Å². The molecular weight excluding hydrogens is 1190 g/mol. The Labute approximate surface area is 532 Å². The molecule has 16 N–H and O–H groups in total. The van der Waals surface area contributed by atoms with E-state index in [4.69, 9.17) is 11.5 Å². The second kappa shape index (κ2) is 34.3. The lowest BCUT2D eigenvalue weighted by Gasteiger charge is -2.32. The lowest BCUT2D eigenvalue weighted by Crippen LogP contribution is -2.62. The first kappa shape index (κ1) is 71.2. The van der Waals surface area contributed by atoms with Gasteiger partial charge in [0.1, 0.15) is 71.9 Å². The van der Waals surface area contributed by atoms with E-state index < -0.39 is 150 Å². The average molecular weight is 1270 g/mol. The van der Waals surface area contributed by atoms with Crippen LogP contribution in [0.15, 0.2) is 109 Å². The summed E-state index contributed by atoms with van der Waals surface area (Å²) in [6.45, 7) is 6.84. The molecule has 11 amide bonds. The number of hydrogen-bond donors (Lipinski definition) is 14. The van der Waals surface area contributed by atoms with Gasteiger partial charge in [-0.25, -0.2) is 0 Å². The summed E-state index contributed by atoms with van der Waals surface area (Å²) in [5.41, 5.74) is 13.4. The van der Waals surface area contributed by atoms with E-state index >= 15 is 4.79 Å². The van der Waals surface area contributed by atoms with Gasteiger partial charge in [0.25, 0.3) is 0 Å². The van der Waals surface area contributed by atoms with Crippen LogP contribution in [0.25, 0.3) is 0 Å². The molecule has 4 aromatic carbocycles. The van der Waals surface area contributed by atoms with Crippen molar-refractivity contribution in [1.82, 2.24) is 52.8 Å². The molecule has 4 aromatic rings. The van der Waals surface area contributed by atoms with Crippen LogP contribution in [0.1, 0.15) is 94.9 Å². The summed E-state index contributed by atoms with van der Waals surface area (Å²) in [7, 11) is 0. The predicted octanol–water partition coefficient (Wildman–Crippen LogP) is -0.473. The molecule has 0 aliphatic carbocycles. The summed E-state index contributed by atoms with van der Waals surface area (Å²) < 4.78 is 0. The summed E-state index contributed by atoms with van der Waals surface area (Å²) in [6.07, 6.45) is -2.42. The average Bonchev–Trinajstić information content (AvgIpc) is 1.56. The van der Waals surface area contributed by atoms with Gasteiger partial charge in [-0.3, -0.25) is 57.5 Å². The number of fused-ring (bicyclic) bond motifs is 1. The first-order valence-corrected chi connectivity index (χ1v) is 30.7. The van der Waals surface area contributed by atoms with E-state index in [0.29, 0.717) is 28.7 Å². The van der Waals surface area contributed by atoms with Gasteiger partial charge in [-0.15, -0.1) is 0 Å². The monoisotopic (exact) mass is 1270 g/mol. The summed E-state index contributed by atoms with van der Waals surface area (Å²) >= 11 is 0. The number of hydrogen-bond acceptors (Lipinski definition) is 15. The fraction of sp³-hybridized carbons (Fsp3) is 0.446. The maximum atomic E-state index is 15.1. The molecule has 0 bridgehead atoms. The van der Waals surface area contributed by atoms with Crippen molar-refractivity contribution in [2.45, 2.75) is 159 Å². The molecule has 0 saturated carbocycles. The van der Waals surface area contributed by atoms with Crippen LogP contribution in [0, 0.1) is 11.8 Å². The lowest BCUT2D eigenvalue weighted by molar-refractivity contribution is -0.142. The highest BCUT2D eigenvalue weighted by Crippen LogP contribution is 2.23. The van der Waals surface area contributed by atoms with Crippen LogP contribution < -0.4 is 59.3 Å². The van der Waals surface area contributed by atoms with E-state index in [1.807, 2.05) is 0 Å². The third kappa shape index (κ3) is 21.7. The van der Waals surface area contributed by atoms with E-state index in [2.05, 4.69) is 47.9 Å². The lowest BCUT2D eigenvalue weighted by atomic mass is 9.99. The fourth-order valence-electron chi connectivity index (χ4n) is 10.8. The highest BCUT2D eigenvalue weighted by molar-refractivity contribution is 6.01. The van der Waals surface area contributed by atoms with Crippen LogP contribution >= 0.6 is 0 Å². The van der Waals surface area contributed by atoms with Gasteiger partial charge in [0, 0.05) is 32.2 Å². The third-order valence-electron chi connectivity index (χ3n) is 15.6. The minimum atomic E-state index is -2.03. The van der Waals surface area contributed by atoms with E-state index in [1.165, 1.54) is 41.3 Å². The van der Waals surface area contributed by atoms with Gasteiger partial charge in [0.2, 0.25) is 65.0 Å². The molecule has 6 rings (SSSR count). The molecule has 92 heavy (non-hydrogen) atoms. The highest BCUT2D eigenvalue weighted by Gasteiger charge is 2.42. The normalized spacial score (nSPS) is 23.9. The molecule has 27 heteroatoms. The quantitative estimate of drug-likeness (QED) is 0.0599. The summed E-state index contributed by atoms with van der Waals surface area (Å²) in [4.78, 5) is 173. The summed E-state index contributed by atoms with van der Waals surface area (Å²) in [5.74, 6) is -13.5. The molecule has 0 radical (unpaired) electrons. The molecule has 0 unspecified atom stereocenters. The molecule has 2 aliphatic rings. The Hall–Kier alpha value is -9.92. The van der Waals surface area contributed by atoms with Gasteiger partial charge in [0.15, 0.2) is 0 Å². The Bertz CT molecular complexity index is 3240. The van der Waals surface area contributed by atoms with Crippen LogP contribution in [-0.4, -0.2) is 165 Å². The maximum Gasteiger partial charge on any atom is 0.305 e. The zero-order valence-corrected chi connectivity index (χ0v) is 51.9. The van der Waals surface area contributed by atoms with Crippen LogP contribution in [0.3, 0.4) is 0 Å². The minimum Gasteiger partial charge on any atom is -0.508 e. The number of aromatic hydroxyl groups is 2. The molecule has 2 fully saturated rings. The van der Waals surface area contributed by atoms with Gasteiger partial charge in [-0.2, -0.15) is 0 Å². The zero-order chi connectivity index (χ0) is 67.2. The van der Waals surface area contributed by atoms with E-state index in [1.54, 1.807) is 100 Å². The first-order valence-electron chi connectivity index (χ1n) is 30.7. The third-order valence-corrected chi connectivity index (χ3v) is 15.6. The molecule has 10 atom stereocenters. The number of nitrogens with two attached hydrogens (primary N) is 2. The maximum absolute atomic E-state index is 15.1. The SMILES string of the molecule is CC(C)C[C@@H]1NC(=O)[C@H](CCCN)NC(=O)[C@H](C(C)C)NC(=O)[C@H](Cc2ccc(O)cc2)NC(=O)[C@H](CC(=O)O)NC(=O)[C@H](CC(N)=O)NC(=O)[C@@H](Cc2ccccc2)NC(=O)[C@H](Cc2ccccc2)NC(=O)[C@@H]2CCCN2C(=O)[C@@H](Cc2ccc(O)cc2)NC1=O. The number of carboxylic acids is 1. The number of benzene rings is 4. The van der Waals surface area contributed by atoms with Crippen molar-refractivity contribution in [3.8, 4) is 11.5 Å². The Morgan fingerprint density at radius 3 is 1.32 bits per heavy atom. The Balaban J connectivity index is 1.46. The predicted molar refractivity (Wildman–Crippen MR) is 335 cm³/mol. The van der Waals surface area contributed by atoms with E-state index in [-0.39, 0.29) is 81.9 Å². The number of aliphatic carboxylic acids is 1. The number of nitrogens with zero attached hydrogens (tertiary/aromatic N) is 1. The number of carboxylic acid groups (broad SMARTS) is 1. The number of amides is 11. The van der Waals surface area contributed by atoms with Crippen LogP contribution in [0.4, 0.5) is 0 Å². The number of primary amides is 1. The fourth-order valence-corrected chi connectivity index (χ4v) is 10.8. The molecule has 0 aromatic heterocycles. The van der Waals surface area contributed by atoms with Crippen molar-refractivity contribution in [3.05, 3.63) is 131 Å². The van der Waals surface area contributed by atoms with Crippen molar-refractivity contribution in [1.29, 1.82) is 0 Å². The van der Waals surface area contributed by atoms with Gasteiger partial charge >= 0.3 is 5.97 Å². The van der Waals surface area contributed by atoms with Crippen molar-refractivity contribution in [2.24, 2.45) is 23.3 Å². The molecule has 0 spiro atoms. The van der Waals surface area contributed by atoms with Gasteiger partial charge in [-0.1, -0.05) is 113 Å². The standard InChI is InChI=1S/C65H84N12O15/c1-36(2)29-45-57(84)75-51(33-41-21-25-43(79)26-22-41)65(92)77-28-12-18-52(77)63(90)74-47(31-39-15-9-6-10-16-39)59(86)70-46(30-38-13-7-5-8-14-38)58(85)72-49(34-53(67)80)60(87)73-50(35-54(81)82)61(88)71-48(32-40-19-23-42(78)24-20-40)62(89)76-55(37(3)4)64(91)68-44(17-11-27-66)56(83)69-45/h5-10,13-16,19-26,36-37,44-52,55,78-79H,11-12,17-18,27-35,66H2,1-4H3,(H2,67,80)(H,68,91)(H,69,83)(H,70,86)(H,71,88)(H,72,85)(H,73,87)(H,74,90)(H,75,84)(H,76,89)(H,81,82)/t44-,45-,46+,47-,48-,49-,50-,51+,52-,55-/m0/s1. The number of rotatable bonds is 18. The van der Waals surface area contributed by atoms with Crippen molar-refractivity contribution in [2.75, 3.05) is 13.1 Å². The largest absolute Gasteiger partial charge is 0.508 e. The molecule has 494 valence electrons. The minimum absolute atomic E-state index is 0.0203. The van der Waals surface area contributed by atoms with Gasteiger partial charge in [0.05, 0.1) is 12.8 Å². The second-order valence-corrected chi connectivity index (χ2v) is 23.9. The number of nitrogens with one attached hydrogen (secondary N) is 9. The first-order chi connectivity index (χ1) is 43.8. The number of carbonyl (C=O) groups excluding carboxylic acids is 11. The summed E-state index contributed by atoms with van der Waals surface area (Å²) in [5, 5.41) is 53.9. The molecule has 2 aliphatic heterocycles. The van der Waals surface area contributed by atoms with E-state index in [9.17, 15) is 68.1 Å². The van der Waals surface area contributed by atoms with Gasteiger partial charge < -0.3 is 79.5 Å². The molecule has 2 heterocycles. The molecular formula is C65H84N12O15. The number of phenols is 2. The molecule has 2 saturated heterocycles. The second-order valence-electron chi connectivity index (χ2n) is 23.9. The van der Waals surface area contributed by atoms with E-state index in [0.717, 1.165) is 0 Å². The summed E-state index contributed by atoms with van der Waals surface area (Å²) in [6, 6.07) is 12.7. The van der Waals surface area contributed by atoms with Crippen LogP contribution in [0.2, 0.25) is 0 Å². The highest BCUT2D eigenvalue weighted by atomic mass is 16.4.